The Labute approximate surface area is 166 Å². The highest BCUT2D eigenvalue weighted by Crippen LogP contribution is 2.39. The quantitative estimate of drug-likeness (QED) is 0.612. The van der Waals surface area contributed by atoms with Gasteiger partial charge in [0.1, 0.15) is 11.5 Å². The van der Waals surface area contributed by atoms with Crippen molar-refractivity contribution < 1.29 is 30.8 Å². The van der Waals surface area contributed by atoms with Crippen LogP contribution in [0.15, 0.2) is 58.0 Å². The van der Waals surface area contributed by atoms with Crippen LogP contribution < -0.4 is 0 Å². The summed E-state index contributed by atoms with van der Waals surface area (Å²) in [5.74, 6) is -1.86. The van der Waals surface area contributed by atoms with Crippen LogP contribution in [0.4, 0.5) is 17.6 Å². The van der Waals surface area contributed by atoms with Crippen molar-refractivity contribution in [2.75, 3.05) is 0 Å². The van der Waals surface area contributed by atoms with E-state index in [-0.39, 0.29) is 22.2 Å². The number of hydrogen-bond acceptors (Lipinski definition) is 4. The summed E-state index contributed by atoms with van der Waals surface area (Å²) in [5.41, 5.74) is -0.934. The summed E-state index contributed by atoms with van der Waals surface area (Å²) in [5, 5.41) is -1.26. The first-order chi connectivity index (χ1) is 13.0. The van der Waals surface area contributed by atoms with E-state index in [0.29, 0.717) is 12.3 Å². The molecule has 4 nitrogen and oxygen atoms in total. The zero-order chi connectivity index (χ0) is 20.7. The first-order valence-electron chi connectivity index (χ1n) is 7.94. The number of sulfone groups is 1. The normalized spacial score (nSPS) is 20.4. The third-order valence-electron chi connectivity index (χ3n) is 4.38. The predicted molar refractivity (Wildman–Crippen MR) is 95.8 cm³/mol. The van der Waals surface area contributed by atoms with Crippen molar-refractivity contribution in [1.82, 2.24) is 4.98 Å². The molecule has 0 saturated carbocycles. The number of carbonyl (C=O) groups is 1. The number of ketones is 1. The van der Waals surface area contributed by atoms with Gasteiger partial charge in [-0.05, 0) is 45.8 Å². The van der Waals surface area contributed by atoms with Crippen LogP contribution in [0, 0.1) is 5.82 Å². The number of nitrogens with zero attached hydrogens (tertiary/aromatic N) is 1. The van der Waals surface area contributed by atoms with Crippen LogP contribution >= 0.6 is 15.9 Å². The second kappa shape index (κ2) is 7.40. The van der Waals surface area contributed by atoms with Gasteiger partial charge < -0.3 is 0 Å². The molecule has 1 aromatic carbocycles. The largest absolute Gasteiger partial charge is 0.433 e. The number of hydrogen-bond donors (Lipinski definition) is 0. The molecule has 2 aromatic rings. The molecule has 1 aliphatic rings. The summed E-state index contributed by atoms with van der Waals surface area (Å²) in [6.07, 6.45) is -1.95. The molecule has 10 heteroatoms. The average molecular weight is 478 g/mol. The maximum absolute atomic E-state index is 13.9. The number of carbonyl (C=O) groups excluding carboxylic acids is 1. The summed E-state index contributed by atoms with van der Waals surface area (Å²) in [7, 11) is -4.19. The van der Waals surface area contributed by atoms with Crippen LogP contribution in [0.5, 0.6) is 0 Å². The lowest BCUT2D eigenvalue weighted by Gasteiger charge is -2.28. The minimum Gasteiger partial charge on any atom is -0.295 e. The van der Waals surface area contributed by atoms with E-state index in [4.69, 9.17) is 0 Å². The van der Waals surface area contributed by atoms with E-state index in [1.165, 1.54) is 24.3 Å². The van der Waals surface area contributed by atoms with Gasteiger partial charge in [-0.15, -0.1) is 0 Å². The zero-order valence-corrected chi connectivity index (χ0v) is 16.4. The molecule has 0 N–H and O–H groups in total. The SMILES string of the molecule is O=C1C=CC(S(=O)(=O)c2ccc(C(F)(F)F)nc2)C(c2cccc(F)c2Br)C1. The highest BCUT2D eigenvalue weighted by Gasteiger charge is 2.39. The molecule has 1 aliphatic carbocycles. The molecule has 2 unspecified atom stereocenters. The fourth-order valence-corrected chi connectivity index (χ4v) is 5.31. The Balaban J connectivity index is 2.06. The fraction of sp³-hybridized carbons (Fsp3) is 0.222. The standard InChI is InChI=1S/C18H12BrF4NO3S/c19-17-12(2-1-3-14(17)20)13-8-10(25)4-6-15(13)28(26,27)11-5-7-16(24-9-11)18(21,22)23/h1-7,9,13,15H,8H2. The number of aromatic nitrogens is 1. The highest BCUT2D eigenvalue weighted by atomic mass is 79.9. The van der Waals surface area contributed by atoms with E-state index in [0.717, 1.165) is 12.1 Å². The zero-order valence-electron chi connectivity index (χ0n) is 14.0. The van der Waals surface area contributed by atoms with Crippen molar-refractivity contribution in [3.63, 3.8) is 0 Å². The molecule has 0 saturated heterocycles. The second-order valence-corrected chi connectivity index (χ2v) is 9.06. The van der Waals surface area contributed by atoms with Crippen LogP contribution in [-0.4, -0.2) is 24.4 Å². The lowest BCUT2D eigenvalue weighted by Crippen LogP contribution is -2.31. The van der Waals surface area contributed by atoms with Crippen LogP contribution in [-0.2, 0) is 20.8 Å². The molecule has 0 amide bonds. The van der Waals surface area contributed by atoms with Crippen LogP contribution in [0.3, 0.4) is 0 Å². The van der Waals surface area contributed by atoms with Crippen LogP contribution in [0.25, 0.3) is 0 Å². The van der Waals surface area contributed by atoms with Gasteiger partial charge in [-0.1, -0.05) is 18.2 Å². The third-order valence-corrected chi connectivity index (χ3v) is 7.32. The number of benzene rings is 1. The summed E-state index contributed by atoms with van der Waals surface area (Å²) in [6, 6.07) is 5.47. The van der Waals surface area contributed by atoms with Gasteiger partial charge in [0.05, 0.1) is 14.6 Å². The first kappa shape index (κ1) is 20.7. The average Bonchev–Trinajstić information content (AvgIpc) is 2.63. The van der Waals surface area contributed by atoms with Crippen molar-refractivity contribution in [1.29, 1.82) is 0 Å². The predicted octanol–water partition coefficient (Wildman–Crippen LogP) is 4.46. The van der Waals surface area contributed by atoms with Crippen molar-refractivity contribution in [2.45, 2.75) is 28.7 Å². The van der Waals surface area contributed by atoms with Gasteiger partial charge in [0.15, 0.2) is 15.6 Å². The molecule has 28 heavy (non-hydrogen) atoms. The Hall–Kier alpha value is -2.07. The summed E-state index contributed by atoms with van der Waals surface area (Å²) < 4.78 is 78.1. The van der Waals surface area contributed by atoms with Crippen LogP contribution in [0.2, 0.25) is 0 Å². The van der Waals surface area contributed by atoms with Crippen molar-refractivity contribution in [3.8, 4) is 0 Å². The molecular formula is C18H12BrF4NO3S. The Bertz CT molecular complexity index is 1050. The molecule has 0 spiro atoms. The number of alkyl halides is 3. The van der Waals surface area contributed by atoms with Gasteiger partial charge in [0.25, 0.3) is 0 Å². The maximum atomic E-state index is 13.9. The Morgan fingerprint density at radius 2 is 1.86 bits per heavy atom. The summed E-state index contributed by atoms with van der Waals surface area (Å²) >= 11 is 3.07. The molecule has 1 aromatic heterocycles. The van der Waals surface area contributed by atoms with Crippen molar-refractivity contribution in [2.24, 2.45) is 0 Å². The molecular weight excluding hydrogens is 466 g/mol. The molecule has 3 rings (SSSR count). The molecule has 0 bridgehead atoms. The van der Waals surface area contributed by atoms with E-state index in [2.05, 4.69) is 20.9 Å². The number of allylic oxidation sites excluding steroid dienone is 1. The minimum absolute atomic E-state index is 0.0360. The van der Waals surface area contributed by atoms with Crippen molar-refractivity contribution >= 4 is 31.6 Å². The fourth-order valence-electron chi connectivity index (χ4n) is 3.02. The van der Waals surface area contributed by atoms with Gasteiger partial charge in [-0.25, -0.2) is 12.8 Å². The number of rotatable bonds is 3. The van der Waals surface area contributed by atoms with Gasteiger partial charge in [0, 0.05) is 18.5 Å². The topological polar surface area (TPSA) is 64.1 Å². The molecule has 0 fully saturated rings. The van der Waals surface area contributed by atoms with Gasteiger partial charge >= 0.3 is 6.18 Å². The molecule has 1 heterocycles. The Morgan fingerprint density at radius 1 is 1.14 bits per heavy atom. The van der Waals surface area contributed by atoms with E-state index >= 15 is 0 Å². The third kappa shape index (κ3) is 3.88. The van der Waals surface area contributed by atoms with E-state index in [1.54, 1.807) is 0 Å². The van der Waals surface area contributed by atoms with Gasteiger partial charge in [-0.3, -0.25) is 9.78 Å². The van der Waals surface area contributed by atoms with Crippen LogP contribution in [0.1, 0.15) is 23.6 Å². The van der Waals surface area contributed by atoms with Crippen molar-refractivity contribution in [3.05, 3.63) is 70.2 Å². The first-order valence-corrected chi connectivity index (χ1v) is 10.3. The molecule has 0 radical (unpaired) electrons. The Kier molecular flexibility index (Phi) is 5.46. The summed E-state index contributed by atoms with van der Waals surface area (Å²) in [6.45, 7) is 0. The Morgan fingerprint density at radius 3 is 2.46 bits per heavy atom. The lowest BCUT2D eigenvalue weighted by molar-refractivity contribution is -0.141. The smallest absolute Gasteiger partial charge is 0.295 e. The maximum Gasteiger partial charge on any atom is 0.433 e. The monoisotopic (exact) mass is 477 g/mol. The van der Waals surface area contributed by atoms with Gasteiger partial charge in [0.2, 0.25) is 0 Å². The lowest BCUT2D eigenvalue weighted by atomic mass is 9.86. The minimum atomic E-state index is -4.70. The van der Waals surface area contributed by atoms with E-state index in [1.807, 2.05) is 0 Å². The second-order valence-electron chi connectivity index (χ2n) is 6.17. The van der Waals surface area contributed by atoms with E-state index in [9.17, 15) is 30.8 Å². The highest BCUT2D eigenvalue weighted by molar-refractivity contribution is 9.10. The van der Waals surface area contributed by atoms with E-state index < -0.39 is 43.6 Å². The molecule has 2 atom stereocenters. The number of halogens is 5. The molecule has 0 aliphatic heterocycles. The molecule has 148 valence electrons. The van der Waals surface area contributed by atoms with Gasteiger partial charge in [-0.2, -0.15) is 13.2 Å². The number of pyridine rings is 1. The summed E-state index contributed by atoms with van der Waals surface area (Å²) in [4.78, 5) is 14.7.